The van der Waals surface area contributed by atoms with Crippen LogP contribution < -0.4 is 0 Å². The largest absolute Gasteiger partial charge is 0.0776 e. The van der Waals surface area contributed by atoms with Crippen LogP contribution in [0.1, 0.15) is 92.5 Å². The lowest BCUT2D eigenvalue weighted by molar-refractivity contribution is 0.636. The Morgan fingerprint density at radius 1 is 0.433 bits per heavy atom. The molecule has 0 unspecified atom stereocenters. The van der Waals surface area contributed by atoms with Crippen molar-refractivity contribution in [2.24, 2.45) is 23.7 Å². The molecule has 0 aliphatic rings. The standard InChI is InChI=1S/2C14H22.2CH4/c1-11(2)9-13-5-7-14(8-6-13)10-12(3)4;1-11(2)8-13-6-5-7-14(10-13)9-12(3)4;;/h5-8,11-12H,9-10H2,1-4H3;5-7,10-12H,8-9H2,1-4H3;2*1H4. The van der Waals surface area contributed by atoms with E-state index in [0.29, 0.717) is 0 Å². The average Bonchev–Trinajstić information content (AvgIpc) is 2.55. The molecular formula is C30H52. The van der Waals surface area contributed by atoms with Crippen molar-refractivity contribution in [3.05, 3.63) is 70.8 Å². The number of benzene rings is 2. The van der Waals surface area contributed by atoms with E-state index in [1.54, 1.807) is 0 Å². The molecule has 0 saturated carbocycles. The Bertz CT molecular complexity index is 590. The van der Waals surface area contributed by atoms with Crippen LogP contribution >= 0.6 is 0 Å². The van der Waals surface area contributed by atoms with E-state index in [1.165, 1.54) is 47.9 Å². The third-order valence-corrected chi connectivity index (χ3v) is 4.59. The molecule has 0 aliphatic carbocycles. The maximum atomic E-state index is 2.36. The van der Waals surface area contributed by atoms with Crippen LogP contribution in [-0.4, -0.2) is 0 Å². The molecule has 0 amide bonds. The van der Waals surface area contributed by atoms with Crippen molar-refractivity contribution in [2.45, 2.75) is 95.9 Å². The Hall–Kier alpha value is -1.56. The van der Waals surface area contributed by atoms with E-state index in [4.69, 9.17) is 0 Å². The smallest absolute Gasteiger partial charge is 0.0256 e. The van der Waals surface area contributed by atoms with E-state index >= 15 is 0 Å². The Balaban J connectivity index is 0. The summed E-state index contributed by atoms with van der Waals surface area (Å²) in [5, 5.41) is 0. The van der Waals surface area contributed by atoms with Gasteiger partial charge < -0.3 is 0 Å². The minimum absolute atomic E-state index is 0. The molecule has 0 aliphatic heterocycles. The molecule has 0 aromatic heterocycles. The molecule has 2 aromatic carbocycles. The van der Waals surface area contributed by atoms with Gasteiger partial charge in [0.15, 0.2) is 0 Å². The maximum absolute atomic E-state index is 2.36. The summed E-state index contributed by atoms with van der Waals surface area (Å²) in [6.07, 6.45) is 4.79. The fourth-order valence-electron chi connectivity index (χ4n) is 3.58. The maximum Gasteiger partial charge on any atom is -0.0256 e. The van der Waals surface area contributed by atoms with E-state index in [1.807, 2.05) is 0 Å². The van der Waals surface area contributed by atoms with Gasteiger partial charge in [0.2, 0.25) is 0 Å². The molecule has 0 N–H and O–H groups in total. The van der Waals surface area contributed by atoms with Crippen LogP contribution in [0, 0.1) is 23.7 Å². The van der Waals surface area contributed by atoms with Crippen LogP contribution in [0.3, 0.4) is 0 Å². The van der Waals surface area contributed by atoms with Gasteiger partial charge >= 0.3 is 0 Å². The third-order valence-electron chi connectivity index (χ3n) is 4.59. The topological polar surface area (TPSA) is 0 Å². The van der Waals surface area contributed by atoms with Crippen LogP contribution in [0.5, 0.6) is 0 Å². The normalized spacial score (nSPS) is 10.5. The van der Waals surface area contributed by atoms with Crippen molar-refractivity contribution in [3.8, 4) is 0 Å². The van der Waals surface area contributed by atoms with Crippen molar-refractivity contribution in [1.82, 2.24) is 0 Å². The first-order valence-electron chi connectivity index (χ1n) is 11.3. The van der Waals surface area contributed by atoms with Crippen molar-refractivity contribution >= 4 is 0 Å². The number of hydrogen-bond donors (Lipinski definition) is 0. The van der Waals surface area contributed by atoms with Gasteiger partial charge in [-0.1, -0.05) is 119 Å². The first-order valence-corrected chi connectivity index (χ1v) is 11.3. The lowest BCUT2D eigenvalue weighted by Gasteiger charge is -2.09. The zero-order valence-electron chi connectivity index (χ0n) is 19.8. The summed E-state index contributed by atoms with van der Waals surface area (Å²) in [6.45, 7) is 18.2. The molecule has 30 heavy (non-hydrogen) atoms. The molecule has 0 heteroatoms. The van der Waals surface area contributed by atoms with E-state index < -0.39 is 0 Å². The summed E-state index contributed by atoms with van der Waals surface area (Å²) in [5.74, 6) is 3.02. The Kier molecular flexibility index (Phi) is 16.5. The zero-order valence-corrected chi connectivity index (χ0v) is 19.8. The van der Waals surface area contributed by atoms with Gasteiger partial charge in [-0.2, -0.15) is 0 Å². The summed E-state index contributed by atoms with van der Waals surface area (Å²) in [6, 6.07) is 18.1. The van der Waals surface area contributed by atoms with Gasteiger partial charge in [-0.3, -0.25) is 0 Å². The van der Waals surface area contributed by atoms with Gasteiger partial charge in [0, 0.05) is 0 Å². The van der Waals surface area contributed by atoms with Crippen molar-refractivity contribution in [3.63, 3.8) is 0 Å². The fraction of sp³-hybridized carbons (Fsp3) is 0.600. The molecule has 2 rings (SSSR count). The first kappa shape index (κ1) is 30.6. The quantitative estimate of drug-likeness (QED) is 0.405. The van der Waals surface area contributed by atoms with Gasteiger partial charge in [-0.25, -0.2) is 0 Å². The molecule has 2 aromatic rings. The Morgan fingerprint density at radius 2 is 0.700 bits per heavy atom. The molecule has 0 bridgehead atoms. The van der Waals surface area contributed by atoms with Crippen LogP contribution in [0.15, 0.2) is 48.5 Å². The summed E-state index contributed by atoms with van der Waals surface area (Å²) in [4.78, 5) is 0. The Labute approximate surface area is 190 Å². The second-order valence-electron chi connectivity index (χ2n) is 10.0. The van der Waals surface area contributed by atoms with Gasteiger partial charge in [0.1, 0.15) is 0 Å². The Morgan fingerprint density at radius 3 is 0.967 bits per heavy atom. The molecule has 0 heterocycles. The van der Waals surface area contributed by atoms with Crippen LogP contribution in [-0.2, 0) is 25.7 Å². The van der Waals surface area contributed by atoms with Crippen LogP contribution in [0.4, 0.5) is 0 Å². The highest BCUT2D eigenvalue weighted by atomic mass is 14.1. The van der Waals surface area contributed by atoms with Crippen LogP contribution in [0.25, 0.3) is 0 Å². The molecular weight excluding hydrogens is 360 g/mol. The van der Waals surface area contributed by atoms with Gasteiger partial charge in [0.05, 0.1) is 0 Å². The molecule has 172 valence electrons. The predicted molar refractivity (Wildman–Crippen MR) is 141 cm³/mol. The van der Waals surface area contributed by atoms with Crippen molar-refractivity contribution in [1.29, 1.82) is 0 Å². The number of hydrogen-bond acceptors (Lipinski definition) is 0. The molecule has 0 nitrogen and oxygen atoms in total. The molecule has 0 saturated heterocycles. The van der Waals surface area contributed by atoms with E-state index in [0.717, 1.165) is 23.7 Å². The molecule has 0 fully saturated rings. The first-order chi connectivity index (χ1) is 13.2. The van der Waals surface area contributed by atoms with Crippen molar-refractivity contribution < 1.29 is 0 Å². The van der Waals surface area contributed by atoms with E-state index in [-0.39, 0.29) is 14.9 Å². The average molecular weight is 413 g/mol. The van der Waals surface area contributed by atoms with E-state index in [2.05, 4.69) is 104 Å². The molecule has 0 spiro atoms. The minimum atomic E-state index is 0. The SMILES string of the molecule is C.C.CC(C)Cc1ccc(CC(C)C)cc1.CC(C)Cc1cccc(CC(C)C)c1. The number of rotatable bonds is 8. The molecule has 0 atom stereocenters. The molecule has 0 radical (unpaired) electrons. The minimum Gasteiger partial charge on any atom is -0.0776 e. The van der Waals surface area contributed by atoms with Crippen molar-refractivity contribution in [2.75, 3.05) is 0 Å². The summed E-state index contributed by atoms with van der Waals surface area (Å²) < 4.78 is 0. The van der Waals surface area contributed by atoms with Gasteiger partial charge in [-0.15, -0.1) is 0 Å². The lowest BCUT2D eigenvalue weighted by atomic mass is 9.97. The highest BCUT2D eigenvalue weighted by Crippen LogP contribution is 2.14. The van der Waals surface area contributed by atoms with Crippen LogP contribution in [0.2, 0.25) is 0 Å². The zero-order chi connectivity index (χ0) is 21.1. The highest BCUT2D eigenvalue weighted by molar-refractivity contribution is 5.24. The van der Waals surface area contributed by atoms with Gasteiger partial charge in [0.25, 0.3) is 0 Å². The fourth-order valence-corrected chi connectivity index (χ4v) is 3.58. The van der Waals surface area contributed by atoms with Gasteiger partial charge in [-0.05, 0) is 71.6 Å². The summed E-state index contributed by atoms with van der Waals surface area (Å²) in [7, 11) is 0. The highest BCUT2D eigenvalue weighted by Gasteiger charge is 2.01. The summed E-state index contributed by atoms with van der Waals surface area (Å²) in [5.41, 5.74) is 5.90. The second-order valence-corrected chi connectivity index (χ2v) is 10.0. The predicted octanol–water partition coefficient (Wildman–Crippen LogP) is 9.44. The monoisotopic (exact) mass is 412 g/mol. The second kappa shape index (κ2) is 16.2. The summed E-state index contributed by atoms with van der Waals surface area (Å²) >= 11 is 0. The third kappa shape index (κ3) is 14.4. The lowest BCUT2D eigenvalue weighted by Crippen LogP contribution is -1.97. The van der Waals surface area contributed by atoms with E-state index in [9.17, 15) is 0 Å².